The second kappa shape index (κ2) is 8.83. The number of carbonyl (C=O) groups excluding carboxylic acids is 2. The molecule has 1 saturated carbocycles. The quantitative estimate of drug-likeness (QED) is 0.468. The molecule has 0 unspecified atom stereocenters. The van der Waals surface area contributed by atoms with Crippen molar-refractivity contribution in [3.63, 3.8) is 0 Å². The van der Waals surface area contributed by atoms with Crippen LogP contribution in [0.25, 0.3) is 0 Å². The summed E-state index contributed by atoms with van der Waals surface area (Å²) in [5.74, 6) is -0.00711. The van der Waals surface area contributed by atoms with Crippen molar-refractivity contribution >= 4 is 12.2 Å². The highest BCUT2D eigenvalue weighted by atomic mass is 16.6. The second-order valence-corrected chi connectivity index (χ2v) is 9.76. The SMILES string of the molecule is CCNC(=O)OC1CN(C(=O)O[C@@H]2CC[C@]3(CO3)[C@@H]([C@@]3(C)O[C@@H]3CC=C(C)C)[C@@H]2OC)C1. The van der Waals surface area contributed by atoms with Crippen LogP contribution in [0.1, 0.15) is 47.0 Å². The monoisotopic (exact) mass is 452 g/mol. The number of rotatable bonds is 7. The van der Waals surface area contributed by atoms with Gasteiger partial charge in [0, 0.05) is 13.7 Å². The fraction of sp³-hybridized carbons (Fsp3) is 0.826. The number of likely N-dealkylation sites (tertiary alicyclic amines) is 1. The zero-order valence-corrected chi connectivity index (χ0v) is 19.7. The number of epoxide rings is 2. The number of ether oxygens (including phenoxy) is 5. The molecule has 0 aromatic rings. The van der Waals surface area contributed by atoms with Crippen molar-refractivity contribution in [1.82, 2.24) is 10.2 Å². The molecule has 4 rings (SSSR count). The van der Waals surface area contributed by atoms with E-state index in [0.717, 1.165) is 12.8 Å². The molecule has 1 spiro atoms. The third-order valence-electron chi connectivity index (χ3n) is 7.19. The summed E-state index contributed by atoms with van der Waals surface area (Å²) in [5, 5.41) is 2.59. The van der Waals surface area contributed by atoms with E-state index in [0.29, 0.717) is 32.7 Å². The molecule has 0 radical (unpaired) electrons. The lowest BCUT2D eigenvalue weighted by Gasteiger charge is -2.44. The third kappa shape index (κ3) is 4.47. The van der Waals surface area contributed by atoms with Crippen LogP contribution in [0.2, 0.25) is 0 Å². The van der Waals surface area contributed by atoms with Gasteiger partial charge in [0.25, 0.3) is 0 Å². The molecule has 0 bridgehead atoms. The summed E-state index contributed by atoms with van der Waals surface area (Å²) in [6.45, 7) is 9.98. The Labute approximate surface area is 189 Å². The summed E-state index contributed by atoms with van der Waals surface area (Å²) in [7, 11) is 1.66. The van der Waals surface area contributed by atoms with Crippen LogP contribution >= 0.6 is 0 Å². The molecule has 0 aromatic heterocycles. The maximum Gasteiger partial charge on any atom is 0.410 e. The second-order valence-electron chi connectivity index (χ2n) is 9.76. The third-order valence-corrected chi connectivity index (χ3v) is 7.19. The van der Waals surface area contributed by atoms with Gasteiger partial charge in [-0.1, -0.05) is 11.6 Å². The van der Waals surface area contributed by atoms with E-state index < -0.39 is 12.2 Å². The van der Waals surface area contributed by atoms with Crippen LogP contribution in [-0.2, 0) is 23.7 Å². The molecule has 9 nitrogen and oxygen atoms in total. The molecule has 1 aliphatic carbocycles. The van der Waals surface area contributed by atoms with Gasteiger partial charge in [0.05, 0.1) is 31.7 Å². The fourth-order valence-electron chi connectivity index (χ4n) is 5.27. The van der Waals surface area contributed by atoms with Crippen molar-refractivity contribution in [1.29, 1.82) is 0 Å². The number of methoxy groups -OCH3 is 1. The first-order chi connectivity index (χ1) is 15.2. The molecule has 9 heteroatoms. The largest absolute Gasteiger partial charge is 0.443 e. The average Bonchev–Trinajstić information content (AvgIpc) is 3.61. The summed E-state index contributed by atoms with van der Waals surface area (Å²) in [5.41, 5.74) is 0.652. The molecule has 3 aliphatic heterocycles. The minimum absolute atomic E-state index is 0.00711. The molecule has 4 aliphatic rings. The van der Waals surface area contributed by atoms with Gasteiger partial charge in [0.2, 0.25) is 0 Å². The number of carbonyl (C=O) groups is 2. The van der Waals surface area contributed by atoms with Gasteiger partial charge in [0.1, 0.15) is 29.5 Å². The zero-order valence-electron chi connectivity index (χ0n) is 19.7. The van der Waals surface area contributed by atoms with E-state index >= 15 is 0 Å². The number of nitrogens with one attached hydrogen (secondary N) is 1. The van der Waals surface area contributed by atoms with E-state index in [1.165, 1.54) is 5.57 Å². The van der Waals surface area contributed by atoms with E-state index in [1.807, 2.05) is 6.92 Å². The molecular formula is C23H36N2O7. The van der Waals surface area contributed by atoms with Gasteiger partial charge in [-0.15, -0.1) is 0 Å². The smallest absolute Gasteiger partial charge is 0.410 e. The Kier molecular flexibility index (Phi) is 6.44. The number of hydrogen-bond acceptors (Lipinski definition) is 7. The van der Waals surface area contributed by atoms with Crippen molar-refractivity contribution in [2.45, 2.75) is 82.6 Å². The van der Waals surface area contributed by atoms with E-state index in [2.05, 4.69) is 32.2 Å². The predicted molar refractivity (Wildman–Crippen MR) is 115 cm³/mol. The Bertz CT molecular complexity index is 757. The van der Waals surface area contributed by atoms with Crippen molar-refractivity contribution in [2.75, 3.05) is 33.4 Å². The Hall–Kier alpha value is -1.84. The molecule has 32 heavy (non-hydrogen) atoms. The van der Waals surface area contributed by atoms with E-state index in [4.69, 9.17) is 23.7 Å². The number of nitrogens with zero attached hydrogens (tertiary/aromatic N) is 1. The van der Waals surface area contributed by atoms with Crippen molar-refractivity contribution in [3.05, 3.63) is 11.6 Å². The lowest BCUT2D eigenvalue weighted by Crippen LogP contribution is -2.59. The molecule has 3 heterocycles. The Morgan fingerprint density at radius 2 is 1.97 bits per heavy atom. The van der Waals surface area contributed by atoms with Crippen molar-refractivity contribution in [3.8, 4) is 0 Å². The molecule has 4 fully saturated rings. The summed E-state index contributed by atoms with van der Waals surface area (Å²) in [6.07, 6.45) is 2.81. The van der Waals surface area contributed by atoms with Crippen LogP contribution in [-0.4, -0.2) is 86.1 Å². The summed E-state index contributed by atoms with van der Waals surface area (Å²) in [6, 6.07) is 0. The predicted octanol–water partition coefficient (Wildman–Crippen LogP) is 2.63. The van der Waals surface area contributed by atoms with Crippen LogP contribution in [0.5, 0.6) is 0 Å². The molecule has 0 aromatic carbocycles. The number of alkyl carbamates (subject to hydrolysis) is 1. The molecule has 1 N–H and O–H groups in total. The fourth-order valence-corrected chi connectivity index (χ4v) is 5.27. The highest BCUT2D eigenvalue weighted by Gasteiger charge is 2.72. The first-order valence-corrected chi connectivity index (χ1v) is 11.6. The molecular weight excluding hydrogens is 416 g/mol. The lowest BCUT2D eigenvalue weighted by molar-refractivity contribution is -0.126. The molecule has 6 atom stereocenters. The van der Waals surface area contributed by atoms with Gasteiger partial charge in [-0.05, 0) is 47.0 Å². The number of hydrogen-bond donors (Lipinski definition) is 1. The highest BCUT2D eigenvalue weighted by molar-refractivity contribution is 5.70. The van der Waals surface area contributed by atoms with Crippen LogP contribution in [0, 0.1) is 5.92 Å². The zero-order chi connectivity index (χ0) is 23.1. The van der Waals surface area contributed by atoms with Gasteiger partial charge in [-0.25, -0.2) is 9.59 Å². The van der Waals surface area contributed by atoms with Gasteiger partial charge in [-0.3, -0.25) is 0 Å². The number of amides is 2. The van der Waals surface area contributed by atoms with E-state index in [1.54, 1.807) is 12.0 Å². The topological polar surface area (TPSA) is 102 Å². The lowest BCUT2D eigenvalue weighted by atomic mass is 9.68. The summed E-state index contributed by atoms with van der Waals surface area (Å²) in [4.78, 5) is 25.8. The normalized spacial score (nSPS) is 38.0. The molecule has 2 amide bonds. The number of allylic oxidation sites excluding steroid dienone is 1. The van der Waals surface area contributed by atoms with Crippen LogP contribution in [0.3, 0.4) is 0 Å². The van der Waals surface area contributed by atoms with Gasteiger partial charge in [0.15, 0.2) is 0 Å². The van der Waals surface area contributed by atoms with E-state index in [-0.39, 0.29) is 41.5 Å². The molecule has 3 saturated heterocycles. The van der Waals surface area contributed by atoms with Gasteiger partial charge >= 0.3 is 12.2 Å². The van der Waals surface area contributed by atoms with Gasteiger partial charge < -0.3 is 33.9 Å². The first-order valence-electron chi connectivity index (χ1n) is 11.6. The van der Waals surface area contributed by atoms with Crippen LogP contribution < -0.4 is 5.32 Å². The minimum Gasteiger partial charge on any atom is -0.443 e. The van der Waals surface area contributed by atoms with Crippen LogP contribution in [0.4, 0.5) is 9.59 Å². The average molecular weight is 453 g/mol. The maximum absolute atomic E-state index is 12.7. The van der Waals surface area contributed by atoms with Crippen LogP contribution in [0.15, 0.2) is 11.6 Å². The summed E-state index contributed by atoms with van der Waals surface area (Å²) >= 11 is 0. The highest BCUT2D eigenvalue weighted by Crippen LogP contribution is 2.59. The molecule has 180 valence electrons. The van der Waals surface area contributed by atoms with E-state index in [9.17, 15) is 9.59 Å². The first kappa shape index (κ1) is 23.3. The minimum atomic E-state index is -0.463. The van der Waals surface area contributed by atoms with Gasteiger partial charge in [-0.2, -0.15) is 0 Å². The summed E-state index contributed by atoms with van der Waals surface area (Å²) < 4.78 is 29.2. The van der Waals surface area contributed by atoms with Crippen molar-refractivity contribution < 1.29 is 33.3 Å². The Morgan fingerprint density at radius 1 is 1.25 bits per heavy atom. The Balaban J connectivity index is 1.36. The van der Waals surface area contributed by atoms with Crippen molar-refractivity contribution in [2.24, 2.45) is 5.92 Å². The standard InChI is InChI=1S/C23H36N2O7/c1-6-24-20(26)30-15-11-25(12-15)21(27)31-16-9-10-23(13-29-23)19(18(16)28-5)22(4)17(32-22)8-7-14(2)3/h7,15-19H,6,8-13H2,1-5H3,(H,24,26)/t16-,17-,18-,19-,22+,23+/m1/s1. The Morgan fingerprint density at radius 3 is 2.56 bits per heavy atom. The maximum atomic E-state index is 12.7.